The van der Waals surface area contributed by atoms with E-state index in [0.29, 0.717) is 0 Å². The molecule has 0 spiro atoms. The van der Waals surface area contributed by atoms with Crippen LogP contribution in [-0.2, 0) is 0 Å². The van der Waals surface area contributed by atoms with Crippen LogP contribution >= 0.6 is 13.5 Å². The summed E-state index contributed by atoms with van der Waals surface area (Å²) in [7, 11) is 4.21. The molecule has 1 atom stereocenters. The lowest BCUT2D eigenvalue weighted by atomic mass is 10.2. The molecule has 0 fully saturated rings. The van der Waals surface area contributed by atoms with E-state index in [1.54, 1.807) is 0 Å². The average molecular weight is 135 g/mol. The van der Waals surface area contributed by atoms with Gasteiger partial charge >= 0.3 is 0 Å². The minimum absolute atomic E-state index is 0. The Morgan fingerprint density at radius 2 is 1.75 bits per heavy atom. The van der Waals surface area contributed by atoms with Gasteiger partial charge in [-0.2, -0.15) is 13.5 Å². The second kappa shape index (κ2) is 5.45. The average Bonchev–Trinajstić information content (AvgIpc) is 1.65. The molecule has 52 valence electrons. The van der Waals surface area contributed by atoms with Crippen molar-refractivity contribution in [1.82, 2.24) is 4.90 Å². The van der Waals surface area contributed by atoms with Crippen LogP contribution in [0, 0.1) is 0 Å². The molecule has 0 aliphatic carbocycles. The van der Waals surface area contributed by atoms with Crippen molar-refractivity contribution in [1.29, 1.82) is 0 Å². The van der Waals surface area contributed by atoms with Crippen molar-refractivity contribution in [2.75, 3.05) is 14.1 Å². The van der Waals surface area contributed by atoms with Crippen LogP contribution in [0.2, 0.25) is 0 Å². The maximum Gasteiger partial charge on any atom is 0.00582 e. The molecule has 0 aromatic rings. The van der Waals surface area contributed by atoms with Gasteiger partial charge in [-0.1, -0.05) is 6.92 Å². The summed E-state index contributed by atoms with van der Waals surface area (Å²) in [5.41, 5.74) is 0. The first kappa shape index (κ1) is 11.2. The Bertz CT molecular complexity index is 45.8. The van der Waals surface area contributed by atoms with E-state index in [4.69, 9.17) is 0 Å². The van der Waals surface area contributed by atoms with Crippen molar-refractivity contribution in [3.8, 4) is 0 Å². The SMILES string of the molecule is CC[C@H](C)N(C)C.S. The van der Waals surface area contributed by atoms with Crippen molar-refractivity contribution < 1.29 is 0 Å². The van der Waals surface area contributed by atoms with E-state index in [1.807, 2.05) is 0 Å². The van der Waals surface area contributed by atoms with Gasteiger partial charge in [0.05, 0.1) is 0 Å². The molecule has 0 aliphatic rings. The number of hydrogen-bond acceptors (Lipinski definition) is 1. The summed E-state index contributed by atoms with van der Waals surface area (Å²) >= 11 is 0. The number of rotatable bonds is 2. The van der Waals surface area contributed by atoms with Crippen LogP contribution in [-0.4, -0.2) is 25.0 Å². The third-order valence-corrected chi connectivity index (χ3v) is 1.47. The predicted molar refractivity (Wildman–Crippen MR) is 43.8 cm³/mol. The van der Waals surface area contributed by atoms with Crippen LogP contribution in [0.25, 0.3) is 0 Å². The van der Waals surface area contributed by atoms with E-state index in [0.717, 1.165) is 6.04 Å². The number of hydrogen-bond donors (Lipinski definition) is 0. The Balaban J connectivity index is 0. The van der Waals surface area contributed by atoms with Gasteiger partial charge in [-0.05, 0) is 27.4 Å². The summed E-state index contributed by atoms with van der Waals surface area (Å²) in [6.45, 7) is 4.42. The van der Waals surface area contributed by atoms with Crippen LogP contribution < -0.4 is 0 Å². The van der Waals surface area contributed by atoms with Crippen molar-refractivity contribution in [3.63, 3.8) is 0 Å². The topological polar surface area (TPSA) is 3.24 Å². The molecule has 0 amide bonds. The van der Waals surface area contributed by atoms with Gasteiger partial charge in [0, 0.05) is 6.04 Å². The van der Waals surface area contributed by atoms with Crippen molar-refractivity contribution in [2.45, 2.75) is 26.3 Å². The first-order chi connectivity index (χ1) is 3.18. The third kappa shape index (κ3) is 4.47. The largest absolute Gasteiger partial charge is 0.307 e. The van der Waals surface area contributed by atoms with Crippen molar-refractivity contribution in [3.05, 3.63) is 0 Å². The summed E-state index contributed by atoms with van der Waals surface area (Å²) in [6, 6.07) is 0.736. The highest BCUT2D eigenvalue weighted by Gasteiger charge is 1.96. The molecule has 0 aromatic heterocycles. The third-order valence-electron chi connectivity index (χ3n) is 1.47. The van der Waals surface area contributed by atoms with Crippen molar-refractivity contribution in [2.24, 2.45) is 0 Å². The molecule has 0 saturated heterocycles. The molecule has 0 rings (SSSR count). The van der Waals surface area contributed by atoms with E-state index < -0.39 is 0 Å². The molecule has 0 radical (unpaired) electrons. The second-order valence-electron chi connectivity index (χ2n) is 2.22. The Morgan fingerprint density at radius 1 is 1.38 bits per heavy atom. The van der Waals surface area contributed by atoms with Crippen LogP contribution in [0.1, 0.15) is 20.3 Å². The molecule has 0 heterocycles. The Hall–Kier alpha value is 0.310. The van der Waals surface area contributed by atoms with Gasteiger partial charge in [-0.15, -0.1) is 0 Å². The summed E-state index contributed by atoms with van der Waals surface area (Å²) < 4.78 is 0. The van der Waals surface area contributed by atoms with Crippen LogP contribution in [0.4, 0.5) is 0 Å². The molecular formula is C6H17NS. The fraction of sp³-hybridized carbons (Fsp3) is 1.00. The van der Waals surface area contributed by atoms with Crippen LogP contribution in [0.3, 0.4) is 0 Å². The van der Waals surface area contributed by atoms with Gasteiger partial charge in [-0.3, -0.25) is 0 Å². The van der Waals surface area contributed by atoms with E-state index in [9.17, 15) is 0 Å². The minimum atomic E-state index is 0. The Morgan fingerprint density at radius 3 is 1.75 bits per heavy atom. The van der Waals surface area contributed by atoms with Gasteiger partial charge in [-0.25, -0.2) is 0 Å². The monoisotopic (exact) mass is 135 g/mol. The highest BCUT2D eigenvalue weighted by Crippen LogP contribution is 1.93. The lowest BCUT2D eigenvalue weighted by Crippen LogP contribution is -2.23. The lowest BCUT2D eigenvalue weighted by Gasteiger charge is -2.16. The predicted octanol–water partition coefficient (Wildman–Crippen LogP) is 1.46. The fourth-order valence-corrected chi connectivity index (χ4v) is 0.365. The Kier molecular flexibility index (Phi) is 7.59. The molecule has 0 aromatic carbocycles. The molecule has 0 bridgehead atoms. The van der Waals surface area contributed by atoms with Gasteiger partial charge in [0.2, 0.25) is 0 Å². The molecule has 0 aliphatic heterocycles. The molecule has 0 N–H and O–H groups in total. The molecule has 2 heteroatoms. The quantitative estimate of drug-likeness (QED) is 0.554. The summed E-state index contributed by atoms with van der Waals surface area (Å²) in [4.78, 5) is 2.22. The van der Waals surface area contributed by atoms with E-state index in [1.165, 1.54) is 6.42 Å². The normalized spacial score (nSPS) is 13.1. The maximum absolute atomic E-state index is 2.22. The van der Waals surface area contributed by atoms with Crippen molar-refractivity contribution >= 4 is 13.5 Å². The highest BCUT2D eigenvalue weighted by molar-refractivity contribution is 7.59. The molecule has 8 heavy (non-hydrogen) atoms. The summed E-state index contributed by atoms with van der Waals surface area (Å²) in [5.74, 6) is 0. The van der Waals surface area contributed by atoms with Crippen LogP contribution in [0.15, 0.2) is 0 Å². The standard InChI is InChI=1S/C6H15N.H2S/c1-5-6(2)7(3)4;/h6H,5H2,1-4H3;1H2/t6-;/m0./s1. The number of nitrogens with zero attached hydrogens (tertiary/aromatic N) is 1. The maximum atomic E-state index is 2.22. The fourth-order valence-electron chi connectivity index (χ4n) is 0.365. The summed E-state index contributed by atoms with van der Waals surface area (Å²) in [6.07, 6.45) is 1.24. The van der Waals surface area contributed by atoms with E-state index >= 15 is 0 Å². The first-order valence-electron chi connectivity index (χ1n) is 2.85. The van der Waals surface area contributed by atoms with Gasteiger partial charge in [0.25, 0.3) is 0 Å². The minimum Gasteiger partial charge on any atom is -0.307 e. The van der Waals surface area contributed by atoms with E-state index in [2.05, 4.69) is 32.8 Å². The molecule has 1 nitrogen and oxygen atoms in total. The molecular weight excluding hydrogens is 118 g/mol. The zero-order valence-electron chi connectivity index (χ0n) is 6.23. The Labute approximate surface area is 59.5 Å². The van der Waals surface area contributed by atoms with Gasteiger partial charge < -0.3 is 4.90 Å². The van der Waals surface area contributed by atoms with Gasteiger partial charge in [0.1, 0.15) is 0 Å². The first-order valence-corrected chi connectivity index (χ1v) is 2.85. The smallest absolute Gasteiger partial charge is 0.00582 e. The molecule has 0 saturated carbocycles. The van der Waals surface area contributed by atoms with Gasteiger partial charge in [0.15, 0.2) is 0 Å². The second-order valence-corrected chi connectivity index (χ2v) is 2.22. The van der Waals surface area contributed by atoms with E-state index in [-0.39, 0.29) is 13.5 Å². The lowest BCUT2D eigenvalue weighted by molar-refractivity contribution is 0.307. The highest BCUT2D eigenvalue weighted by atomic mass is 32.1. The molecule has 0 unspecified atom stereocenters. The summed E-state index contributed by atoms with van der Waals surface area (Å²) in [5, 5.41) is 0. The van der Waals surface area contributed by atoms with Crippen LogP contribution in [0.5, 0.6) is 0 Å². The zero-order chi connectivity index (χ0) is 5.86. The zero-order valence-corrected chi connectivity index (χ0v) is 7.23.